The molecule has 2 aliphatic rings. The number of aromatic nitrogens is 4. The van der Waals surface area contributed by atoms with Crippen molar-refractivity contribution in [1.82, 2.24) is 24.6 Å². The summed E-state index contributed by atoms with van der Waals surface area (Å²) in [5.41, 5.74) is 0.842. The highest BCUT2D eigenvalue weighted by atomic mass is 35.5. The van der Waals surface area contributed by atoms with Gasteiger partial charge in [-0.05, 0) is 32.2 Å². The Labute approximate surface area is 125 Å². The molecule has 1 aliphatic heterocycles. The summed E-state index contributed by atoms with van der Waals surface area (Å²) in [4.78, 5) is 6.88. The second kappa shape index (κ2) is 5.05. The van der Waals surface area contributed by atoms with E-state index in [1.54, 1.807) is 0 Å². The van der Waals surface area contributed by atoms with Crippen LogP contribution in [0.25, 0.3) is 0 Å². The highest BCUT2D eigenvalue weighted by Gasteiger charge is 2.34. The minimum atomic E-state index is 0.212. The zero-order valence-electron chi connectivity index (χ0n) is 10.8. The molecule has 106 valence electrons. The first kappa shape index (κ1) is 12.7. The van der Waals surface area contributed by atoms with Gasteiger partial charge in [0.05, 0.1) is 6.04 Å². The van der Waals surface area contributed by atoms with Crippen LogP contribution in [-0.4, -0.2) is 31.2 Å². The van der Waals surface area contributed by atoms with Gasteiger partial charge < -0.3 is 4.52 Å². The Kier molecular flexibility index (Phi) is 3.20. The normalized spacial score (nSPS) is 23.6. The van der Waals surface area contributed by atoms with Crippen LogP contribution in [0.5, 0.6) is 0 Å². The molecule has 0 N–H and O–H groups in total. The Morgan fingerprint density at radius 3 is 3.00 bits per heavy atom. The second-order valence-electron chi connectivity index (χ2n) is 5.39. The van der Waals surface area contributed by atoms with Crippen LogP contribution in [-0.2, 0) is 6.54 Å². The molecule has 1 saturated heterocycles. The number of halogens is 1. The third-order valence-electron chi connectivity index (χ3n) is 3.91. The van der Waals surface area contributed by atoms with E-state index in [1.807, 2.05) is 0 Å². The first-order chi connectivity index (χ1) is 9.81. The summed E-state index contributed by atoms with van der Waals surface area (Å²) in [6, 6.07) is 0.212. The monoisotopic (exact) mass is 311 g/mol. The largest absolute Gasteiger partial charge is 0.339 e. The van der Waals surface area contributed by atoms with E-state index in [9.17, 15) is 0 Å². The van der Waals surface area contributed by atoms with Gasteiger partial charge in [-0.25, -0.2) is 0 Å². The van der Waals surface area contributed by atoms with Crippen molar-refractivity contribution >= 4 is 23.1 Å². The van der Waals surface area contributed by atoms with Gasteiger partial charge in [-0.1, -0.05) is 21.2 Å². The predicted octanol–water partition coefficient (Wildman–Crippen LogP) is 2.79. The lowest BCUT2D eigenvalue weighted by molar-refractivity contribution is 0.231. The molecule has 1 saturated carbocycles. The molecule has 0 spiro atoms. The molecule has 8 heteroatoms. The van der Waals surface area contributed by atoms with Crippen LogP contribution in [0.3, 0.4) is 0 Å². The van der Waals surface area contributed by atoms with Crippen molar-refractivity contribution in [3.8, 4) is 0 Å². The minimum absolute atomic E-state index is 0.212. The number of rotatable bonds is 4. The Hall–Kier alpha value is -1.05. The standard InChI is InChI=1S/C12H14ClN5OS/c13-10-8(15-17-20-10)6-18-5-1-2-9(18)11-14-12(19-16-11)7-3-4-7/h7,9H,1-6H2. The van der Waals surface area contributed by atoms with Gasteiger partial charge in [0.1, 0.15) is 10.0 Å². The topological polar surface area (TPSA) is 67.9 Å². The fourth-order valence-electron chi connectivity index (χ4n) is 2.67. The summed E-state index contributed by atoms with van der Waals surface area (Å²) in [6.07, 6.45) is 4.54. The molecule has 0 aromatic carbocycles. The molecule has 0 radical (unpaired) electrons. The molecule has 2 fully saturated rings. The van der Waals surface area contributed by atoms with E-state index in [-0.39, 0.29) is 6.04 Å². The van der Waals surface area contributed by atoms with E-state index in [0.29, 0.717) is 16.8 Å². The summed E-state index contributed by atoms with van der Waals surface area (Å²) in [7, 11) is 0. The minimum Gasteiger partial charge on any atom is -0.339 e. The molecule has 0 amide bonds. The number of hydrogen-bond donors (Lipinski definition) is 0. The van der Waals surface area contributed by atoms with Gasteiger partial charge in [0.15, 0.2) is 5.82 Å². The van der Waals surface area contributed by atoms with Gasteiger partial charge >= 0.3 is 0 Å². The van der Waals surface area contributed by atoms with Crippen molar-refractivity contribution in [1.29, 1.82) is 0 Å². The van der Waals surface area contributed by atoms with Crippen LogP contribution in [0.1, 0.15) is 55.1 Å². The molecule has 1 unspecified atom stereocenters. The first-order valence-electron chi connectivity index (χ1n) is 6.85. The van der Waals surface area contributed by atoms with Gasteiger partial charge in [-0.3, -0.25) is 4.90 Å². The Bertz CT molecular complexity index is 611. The van der Waals surface area contributed by atoms with E-state index in [4.69, 9.17) is 16.1 Å². The fourth-order valence-corrected chi connectivity index (χ4v) is 3.28. The van der Waals surface area contributed by atoms with Gasteiger partial charge in [-0.15, -0.1) is 5.10 Å². The Balaban J connectivity index is 1.52. The Morgan fingerprint density at radius 1 is 1.35 bits per heavy atom. The molecule has 1 atom stereocenters. The van der Waals surface area contributed by atoms with E-state index >= 15 is 0 Å². The highest BCUT2D eigenvalue weighted by Crippen LogP contribution is 2.40. The SMILES string of the molecule is Clc1snnc1CN1CCCC1c1noc(C2CC2)n1. The third-order valence-corrected chi connectivity index (χ3v) is 4.89. The van der Waals surface area contributed by atoms with Crippen LogP contribution in [0.2, 0.25) is 4.34 Å². The van der Waals surface area contributed by atoms with Crippen LogP contribution < -0.4 is 0 Å². The maximum absolute atomic E-state index is 6.08. The molecule has 20 heavy (non-hydrogen) atoms. The quantitative estimate of drug-likeness (QED) is 0.865. The maximum Gasteiger partial charge on any atom is 0.229 e. The number of likely N-dealkylation sites (tertiary alicyclic amines) is 1. The third kappa shape index (κ3) is 2.34. The number of nitrogens with zero attached hydrogens (tertiary/aromatic N) is 5. The van der Waals surface area contributed by atoms with E-state index in [2.05, 4.69) is 24.6 Å². The van der Waals surface area contributed by atoms with E-state index in [0.717, 1.165) is 36.8 Å². The number of hydrogen-bond acceptors (Lipinski definition) is 7. The van der Waals surface area contributed by atoms with Crippen molar-refractivity contribution in [2.24, 2.45) is 0 Å². The van der Waals surface area contributed by atoms with Crippen LogP contribution >= 0.6 is 23.1 Å². The molecule has 1 aliphatic carbocycles. The lowest BCUT2D eigenvalue weighted by Crippen LogP contribution is -2.24. The molecule has 2 aromatic rings. The van der Waals surface area contributed by atoms with Crippen molar-refractivity contribution in [2.45, 2.75) is 44.2 Å². The fraction of sp³-hybridized carbons (Fsp3) is 0.667. The van der Waals surface area contributed by atoms with E-state index < -0.39 is 0 Å². The summed E-state index contributed by atoms with van der Waals surface area (Å²) in [5, 5.41) is 8.25. The maximum atomic E-state index is 6.08. The molecular weight excluding hydrogens is 298 g/mol. The molecule has 6 nitrogen and oxygen atoms in total. The van der Waals surface area contributed by atoms with Crippen LogP contribution in [0.4, 0.5) is 0 Å². The van der Waals surface area contributed by atoms with Crippen molar-refractivity contribution in [2.75, 3.05) is 6.54 Å². The first-order valence-corrected chi connectivity index (χ1v) is 8.00. The summed E-state index contributed by atoms with van der Waals surface area (Å²) in [6.45, 7) is 1.71. The molecule has 2 aromatic heterocycles. The zero-order valence-corrected chi connectivity index (χ0v) is 12.4. The van der Waals surface area contributed by atoms with Crippen LogP contribution in [0.15, 0.2) is 4.52 Å². The van der Waals surface area contributed by atoms with Gasteiger partial charge in [0.2, 0.25) is 5.89 Å². The molecule has 3 heterocycles. The van der Waals surface area contributed by atoms with Crippen LogP contribution in [0, 0.1) is 0 Å². The lowest BCUT2D eigenvalue weighted by Gasteiger charge is -2.20. The summed E-state index contributed by atoms with van der Waals surface area (Å²) in [5.74, 6) is 2.12. The van der Waals surface area contributed by atoms with E-state index in [1.165, 1.54) is 24.4 Å². The van der Waals surface area contributed by atoms with Crippen molar-refractivity contribution < 1.29 is 4.52 Å². The van der Waals surface area contributed by atoms with Crippen molar-refractivity contribution in [3.05, 3.63) is 21.7 Å². The second-order valence-corrected chi connectivity index (χ2v) is 6.74. The smallest absolute Gasteiger partial charge is 0.229 e. The summed E-state index contributed by atoms with van der Waals surface area (Å²) >= 11 is 7.31. The predicted molar refractivity (Wildman–Crippen MR) is 73.6 cm³/mol. The van der Waals surface area contributed by atoms with Gasteiger partial charge in [0, 0.05) is 24.0 Å². The lowest BCUT2D eigenvalue weighted by atomic mass is 10.2. The molecular formula is C12H14ClN5OS. The summed E-state index contributed by atoms with van der Waals surface area (Å²) < 4.78 is 9.92. The van der Waals surface area contributed by atoms with Gasteiger partial charge in [0.25, 0.3) is 0 Å². The zero-order chi connectivity index (χ0) is 13.5. The Morgan fingerprint density at radius 2 is 2.25 bits per heavy atom. The molecule has 4 rings (SSSR count). The highest BCUT2D eigenvalue weighted by molar-refractivity contribution is 7.10. The average Bonchev–Trinajstić information content (AvgIpc) is 2.87. The average molecular weight is 312 g/mol. The molecule has 0 bridgehead atoms. The van der Waals surface area contributed by atoms with Crippen molar-refractivity contribution in [3.63, 3.8) is 0 Å². The van der Waals surface area contributed by atoms with Gasteiger partial charge in [-0.2, -0.15) is 4.98 Å².